The van der Waals surface area contributed by atoms with Crippen molar-refractivity contribution in [3.63, 3.8) is 0 Å². The lowest BCUT2D eigenvalue weighted by molar-refractivity contribution is 0.178. The predicted octanol–water partition coefficient (Wildman–Crippen LogP) is 1.88. The molecule has 2 N–H and O–H groups in total. The van der Waals surface area contributed by atoms with Gasteiger partial charge in [-0.15, -0.1) is 0 Å². The molecule has 5 heteroatoms. The molecule has 0 aromatic carbocycles. The van der Waals surface area contributed by atoms with E-state index in [4.69, 9.17) is 4.74 Å². The average molecular weight is 236 g/mol. The Balaban J connectivity index is 2.00. The van der Waals surface area contributed by atoms with E-state index in [-0.39, 0.29) is 0 Å². The Labute approximate surface area is 102 Å². The lowest BCUT2D eigenvalue weighted by Crippen LogP contribution is -2.21. The first kappa shape index (κ1) is 12.1. The van der Waals surface area contributed by atoms with Crippen molar-refractivity contribution in [1.82, 2.24) is 9.97 Å². The molecule has 1 aromatic heterocycles. The Bertz CT molecular complexity index is 366. The fourth-order valence-electron chi connectivity index (χ4n) is 1.86. The first-order chi connectivity index (χ1) is 8.31. The van der Waals surface area contributed by atoms with Crippen LogP contribution in [0.5, 0.6) is 0 Å². The molecule has 94 valence electrons. The molecule has 17 heavy (non-hydrogen) atoms. The van der Waals surface area contributed by atoms with Gasteiger partial charge in [0.25, 0.3) is 0 Å². The minimum atomic E-state index is 0.438. The maximum atomic E-state index is 5.06. The number of nitrogens with zero attached hydrogens (tertiary/aromatic N) is 2. The molecular formula is C12H20N4O. The Kier molecular flexibility index (Phi) is 4.14. The van der Waals surface area contributed by atoms with Crippen LogP contribution in [-0.2, 0) is 11.3 Å². The second kappa shape index (κ2) is 5.82. The van der Waals surface area contributed by atoms with Crippen molar-refractivity contribution in [3.05, 3.63) is 11.9 Å². The predicted molar refractivity (Wildman–Crippen MR) is 68.1 cm³/mol. The zero-order valence-corrected chi connectivity index (χ0v) is 10.5. The minimum absolute atomic E-state index is 0.438. The summed E-state index contributed by atoms with van der Waals surface area (Å²) in [6.45, 7) is 1.44. The van der Waals surface area contributed by atoms with Gasteiger partial charge < -0.3 is 15.4 Å². The molecule has 1 fully saturated rings. The smallest absolute Gasteiger partial charge is 0.158 e. The fourth-order valence-corrected chi connectivity index (χ4v) is 1.86. The number of anilines is 2. The summed E-state index contributed by atoms with van der Waals surface area (Å²) in [4.78, 5) is 8.73. The second-order valence-electron chi connectivity index (χ2n) is 4.42. The quantitative estimate of drug-likeness (QED) is 0.789. The van der Waals surface area contributed by atoms with Crippen molar-refractivity contribution >= 4 is 11.6 Å². The first-order valence-electron chi connectivity index (χ1n) is 6.10. The zero-order valence-electron chi connectivity index (χ0n) is 10.5. The molecule has 2 rings (SSSR count). The van der Waals surface area contributed by atoms with Gasteiger partial charge in [0.1, 0.15) is 18.2 Å². The lowest BCUT2D eigenvalue weighted by Gasteiger charge is -2.25. The summed E-state index contributed by atoms with van der Waals surface area (Å²) in [6.07, 6.45) is 4.04. The van der Waals surface area contributed by atoms with E-state index in [9.17, 15) is 0 Å². The molecule has 0 bridgehead atoms. The summed E-state index contributed by atoms with van der Waals surface area (Å²) < 4.78 is 5.06. The molecule has 0 spiro atoms. The number of rotatable bonds is 6. The summed E-state index contributed by atoms with van der Waals surface area (Å²) in [5, 5.41) is 6.41. The van der Waals surface area contributed by atoms with E-state index < -0.39 is 0 Å². The van der Waals surface area contributed by atoms with E-state index in [1.54, 1.807) is 7.11 Å². The van der Waals surface area contributed by atoms with Crippen LogP contribution in [0.1, 0.15) is 25.1 Å². The molecule has 1 saturated carbocycles. The van der Waals surface area contributed by atoms with E-state index >= 15 is 0 Å². The topological polar surface area (TPSA) is 59.1 Å². The van der Waals surface area contributed by atoms with Gasteiger partial charge >= 0.3 is 0 Å². The highest BCUT2D eigenvalue weighted by molar-refractivity contribution is 5.47. The summed E-state index contributed by atoms with van der Waals surface area (Å²) in [7, 11) is 3.51. The fraction of sp³-hybridized carbons (Fsp3) is 0.667. The Hall–Kier alpha value is -1.36. The highest BCUT2D eigenvalue weighted by Crippen LogP contribution is 2.26. The van der Waals surface area contributed by atoms with Crippen molar-refractivity contribution in [2.45, 2.75) is 25.9 Å². The van der Waals surface area contributed by atoms with Crippen LogP contribution in [0.4, 0.5) is 11.6 Å². The number of hydrogen-bond acceptors (Lipinski definition) is 5. The van der Waals surface area contributed by atoms with Crippen LogP contribution in [0.2, 0.25) is 0 Å². The van der Waals surface area contributed by atoms with Gasteiger partial charge in [0.2, 0.25) is 0 Å². The average Bonchev–Trinajstić information content (AvgIpc) is 2.27. The van der Waals surface area contributed by atoms with Crippen LogP contribution in [0, 0.1) is 5.92 Å². The second-order valence-corrected chi connectivity index (χ2v) is 4.42. The normalized spacial score (nSPS) is 15.4. The van der Waals surface area contributed by atoms with E-state index in [1.807, 2.05) is 13.1 Å². The molecule has 0 radical (unpaired) electrons. The third-order valence-electron chi connectivity index (χ3n) is 3.10. The molecule has 5 nitrogen and oxygen atoms in total. The molecule has 0 aliphatic heterocycles. The Morgan fingerprint density at radius 3 is 2.71 bits per heavy atom. The van der Waals surface area contributed by atoms with Gasteiger partial charge in [-0.05, 0) is 18.8 Å². The molecule has 0 unspecified atom stereocenters. The van der Waals surface area contributed by atoms with Gasteiger partial charge in [0.05, 0.1) is 0 Å². The van der Waals surface area contributed by atoms with Crippen molar-refractivity contribution < 1.29 is 4.74 Å². The molecule has 0 amide bonds. The highest BCUT2D eigenvalue weighted by atomic mass is 16.5. The van der Waals surface area contributed by atoms with Gasteiger partial charge in [-0.3, -0.25) is 0 Å². The van der Waals surface area contributed by atoms with Crippen LogP contribution in [-0.4, -0.2) is 30.7 Å². The van der Waals surface area contributed by atoms with E-state index in [1.165, 1.54) is 19.3 Å². The Morgan fingerprint density at radius 2 is 2.12 bits per heavy atom. The molecule has 1 heterocycles. The first-order valence-corrected chi connectivity index (χ1v) is 6.10. The summed E-state index contributed by atoms with van der Waals surface area (Å²) in [6, 6.07) is 1.93. The Morgan fingerprint density at radius 1 is 1.35 bits per heavy atom. The SMILES string of the molecule is CNc1cc(NCC2CCC2)nc(COC)n1. The standard InChI is InChI=1S/C12H20N4O/c1-13-10-6-11(14-7-9-4-3-5-9)16-12(15-10)8-17-2/h6,9H,3-5,7-8H2,1-2H3,(H2,13,14,15,16). The van der Waals surface area contributed by atoms with Crippen LogP contribution in [0.15, 0.2) is 6.07 Å². The van der Waals surface area contributed by atoms with Crippen LogP contribution in [0.3, 0.4) is 0 Å². The molecule has 0 atom stereocenters. The number of aromatic nitrogens is 2. The van der Waals surface area contributed by atoms with Crippen LogP contribution in [0.25, 0.3) is 0 Å². The number of nitrogens with one attached hydrogen (secondary N) is 2. The van der Waals surface area contributed by atoms with Gasteiger partial charge in [0.15, 0.2) is 5.82 Å². The zero-order chi connectivity index (χ0) is 12.1. The third kappa shape index (κ3) is 3.30. The van der Waals surface area contributed by atoms with Gasteiger partial charge in [-0.2, -0.15) is 0 Å². The van der Waals surface area contributed by atoms with E-state index in [0.717, 1.165) is 24.1 Å². The molecule has 1 aliphatic carbocycles. The summed E-state index contributed by atoms with van der Waals surface area (Å²) in [5.74, 6) is 3.22. The van der Waals surface area contributed by atoms with E-state index in [0.29, 0.717) is 12.4 Å². The van der Waals surface area contributed by atoms with Gasteiger partial charge in [0, 0.05) is 26.8 Å². The number of ether oxygens (including phenoxy) is 1. The van der Waals surface area contributed by atoms with Crippen LogP contribution >= 0.6 is 0 Å². The maximum Gasteiger partial charge on any atom is 0.158 e. The third-order valence-corrected chi connectivity index (χ3v) is 3.10. The lowest BCUT2D eigenvalue weighted by atomic mass is 9.85. The monoisotopic (exact) mass is 236 g/mol. The van der Waals surface area contributed by atoms with Crippen molar-refractivity contribution in [2.24, 2.45) is 5.92 Å². The summed E-state index contributed by atoms with van der Waals surface area (Å²) >= 11 is 0. The molecular weight excluding hydrogens is 216 g/mol. The van der Waals surface area contributed by atoms with Gasteiger partial charge in [-0.25, -0.2) is 9.97 Å². The molecule has 1 aromatic rings. The number of methoxy groups -OCH3 is 1. The molecule has 0 saturated heterocycles. The van der Waals surface area contributed by atoms with Crippen molar-refractivity contribution in [1.29, 1.82) is 0 Å². The van der Waals surface area contributed by atoms with E-state index in [2.05, 4.69) is 20.6 Å². The highest BCUT2D eigenvalue weighted by Gasteiger charge is 2.17. The molecule has 1 aliphatic rings. The maximum absolute atomic E-state index is 5.06. The number of hydrogen-bond donors (Lipinski definition) is 2. The minimum Gasteiger partial charge on any atom is -0.377 e. The summed E-state index contributed by atoms with van der Waals surface area (Å²) in [5.41, 5.74) is 0. The largest absolute Gasteiger partial charge is 0.377 e. The van der Waals surface area contributed by atoms with Crippen molar-refractivity contribution in [2.75, 3.05) is 31.3 Å². The van der Waals surface area contributed by atoms with Crippen molar-refractivity contribution in [3.8, 4) is 0 Å². The van der Waals surface area contributed by atoms with Gasteiger partial charge in [-0.1, -0.05) is 6.42 Å². The van der Waals surface area contributed by atoms with Crippen LogP contribution < -0.4 is 10.6 Å².